The molecule has 2 rings (SSSR count). The number of benzene rings is 1. The van der Waals surface area contributed by atoms with Crippen LogP contribution in [-0.2, 0) is 9.59 Å². The number of rotatable bonds is 1. The van der Waals surface area contributed by atoms with E-state index >= 15 is 0 Å². The highest BCUT2D eigenvalue weighted by Gasteiger charge is 2.32. The first kappa shape index (κ1) is 11.5. The summed E-state index contributed by atoms with van der Waals surface area (Å²) in [5.74, 6) is -3.81. The summed E-state index contributed by atoms with van der Waals surface area (Å²) in [6, 6.07) is 1.92. The standard InChI is InChI=1S/C11H10F2N2O2/c12-7-3-5(14)4-8(13)10(7)6-1-2-9(16)15-11(6)17/h3-4,6H,1-2,14H2,(H,15,16,17). The van der Waals surface area contributed by atoms with Crippen molar-refractivity contribution >= 4 is 17.5 Å². The molecule has 0 saturated carbocycles. The molecule has 2 amide bonds. The number of halogens is 2. The third-order valence-electron chi connectivity index (χ3n) is 2.69. The monoisotopic (exact) mass is 240 g/mol. The van der Waals surface area contributed by atoms with E-state index in [1.54, 1.807) is 0 Å². The van der Waals surface area contributed by atoms with Crippen molar-refractivity contribution in [3.63, 3.8) is 0 Å². The molecular formula is C11H10F2N2O2. The van der Waals surface area contributed by atoms with Crippen LogP contribution in [0.15, 0.2) is 12.1 Å². The molecule has 1 saturated heterocycles. The number of nitrogens with two attached hydrogens (primary N) is 1. The van der Waals surface area contributed by atoms with Gasteiger partial charge in [0.25, 0.3) is 0 Å². The Labute approximate surface area is 95.8 Å². The first-order valence-corrected chi connectivity index (χ1v) is 5.07. The Morgan fingerprint density at radius 2 is 1.82 bits per heavy atom. The summed E-state index contributed by atoms with van der Waals surface area (Å²) in [5, 5.41) is 2.05. The zero-order valence-corrected chi connectivity index (χ0v) is 8.80. The van der Waals surface area contributed by atoms with Crippen LogP contribution in [0.5, 0.6) is 0 Å². The lowest BCUT2D eigenvalue weighted by Crippen LogP contribution is -2.40. The molecule has 1 aromatic carbocycles. The quantitative estimate of drug-likeness (QED) is 0.569. The average Bonchev–Trinajstić information content (AvgIpc) is 2.19. The summed E-state index contributed by atoms with van der Waals surface area (Å²) in [4.78, 5) is 22.4. The van der Waals surface area contributed by atoms with Crippen LogP contribution >= 0.6 is 0 Å². The molecule has 1 atom stereocenters. The van der Waals surface area contributed by atoms with E-state index in [1.165, 1.54) is 0 Å². The van der Waals surface area contributed by atoms with Crippen LogP contribution < -0.4 is 11.1 Å². The van der Waals surface area contributed by atoms with Gasteiger partial charge in [-0.1, -0.05) is 0 Å². The second-order valence-corrected chi connectivity index (χ2v) is 3.90. The normalized spacial score (nSPS) is 20.2. The van der Waals surface area contributed by atoms with Gasteiger partial charge in [-0.05, 0) is 18.6 Å². The minimum atomic E-state index is -0.978. The maximum Gasteiger partial charge on any atom is 0.234 e. The molecule has 1 heterocycles. The van der Waals surface area contributed by atoms with Crippen molar-refractivity contribution in [2.24, 2.45) is 0 Å². The molecule has 17 heavy (non-hydrogen) atoms. The number of carbonyl (C=O) groups excluding carboxylic acids is 2. The molecule has 3 N–H and O–H groups in total. The van der Waals surface area contributed by atoms with Crippen molar-refractivity contribution < 1.29 is 18.4 Å². The maximum atomic E-state index is 13.6. The van der Waals surface area contributed by atoms with Gasteiger partial charge in [-0.15, -0.1) is 0 Å². The summed E-state index contributed by atoms with van der Waals surface area (Å²) in [6.07, 6.45) is 0.169. The first-order chi connectivity index (χ1) is 7.99. The molecule has 90 valence electrons. The lowest BCUT2D eigenvalue weighted by Gasteiger charge is -2.22. The van der Waals surface area contributed by atoms with Crippen LogP contribution in [0.1, 0.15) is 24.3 Å². The number of nitrogen functional groups attached to an aromatic ring is 1. The second kappa shape index (κ2) is 4.12. The molecule has 1 unspecified atom stereocenters. The zero-order valence-electron chi connectivity index (χ0n) is 8.80. The topological polar surface area (TPSA) is 72.2 Å². The fourth-order valence-corrected chi connectivity index (χ4v) is 1.91. The zero-order chi connectivity index (χ0) is 12.6. The van der Waals surface area contributed by atoms with E-state index < -0.39 is 29.4 Å². The lowest BCUT2D eigenvalue weighted by molar-refractivity contribution is -0.134. The molecule has 0 aromatic heterocycles. The van der Waals surface area contributed by atoms with Crippen LogP contribution in [-0.4, -0.2) is 11.8 Å². The molecule has 6 heteroatoms. The summed E-state index contributed by atoms with van der Waals surface area (Å²) >= 11 is 0. The Morgan fingerprint density at radius 1 is 1.24 bits per heavy atom. The Hall–Kier alpha value is -1.98. The molecule has 0 bridgehead atoms. The van der Waals surface area contributed by atoms with Gasteiger partial charge < -0.3 is 5.73 Å². The highest BCUT2D eigenvalue weighted by Crippen LogP contribution is 2.30. The largest absolute Gasteiger partial charge is 0.399 e. The Kier molecular flexibility index (Phi) is 2.79. The van der Waals surface area contributed by atoms with E-state index in [2.05, 4.69) is 5.32 Å². The third-order valence-corrected chi connectivity index (χ3v) is 2.69. The van der Waals surface area contributed by atoms with Gasteiger partial charge in [0.05, 0.1) is 5.92 Å². The number of hydrogen-bond donors (Lipinski definition) is 2. The van der Waals surface area contributed by atoms with Gasteiger partial charge in [0.15, 0.2) is 0 Å². The molecular weight excluding hydrogens is 230 g/mol. The number of anilines is 1. The van der Waals surface area contributed by atoms with Crippen LogP contribution in [0.25, 0.3) is 0 Å². The minimum Gasteiger partial charge on any atom is -0.399 e. The number of piperidine rings is 1. The SMILES string of the molecule is Nc1cc(F)c(C2CCC(=O)NC2=O)c(F)c1. The van der Waals surface area contributed by atoms with Gasteiger partial charge in [-0.25, -0.2) is 8.78 Å². The highest BCUT2D eigenvalue weighted by atomic mass is 19.1. The smallest absolute Gasteiger partial charge is 0.234 e. The maximum absolute atomic E-state index is 13.6. The van der Waals surface area contributed by atoms with Crippen molar-refractivity contribution in [1.82, 2.24) is 5.32 Å². The lowest BCUT2D eigenvalue weighted by atomic mass is 9.89. The third kappa shape index (κ3) is 2.11. The van der Waals surface area contributed by atoms with Crippen LogP contribution in [0, 0.1) is 11.6 Å². The van der Waals surface area contributed by atoms with Gasteiger partial charge >= 0.3 is 0 Å². The molecule has 0 spiro atoms. The van der Waals surface area contributed by atoms with E-state index in [4.69, 9.17) is 5.73 Å². The number of hydrogen-bond acceptors (Lipinski definition) is 3. The minimum absolute atomic E-state index is 0.0453. The van der Waals surface area contributed by atoms with Gasteiger partial charge in [-0.2, -0.15) is 0 Å². The van der Waals surface area contributed by atoms with Crippen LogP contribution in [0.3, 0.4) is 0 Å². The van der Waals surface area contributed by atoms with Crippen molar-refractivity contribution in [1.29, 1.82) is 0 Å². The molecule has 1 aliphatic rings. The fraction of sp³-hybridized carbons (Fsp3) is 0.273. The Balaban J connectivity index is 2.40. The van der Waals surface area contributed by atoms with Gasteiger partial charge in [0, 0.05) is 17.7 Å². The van der Waals surface area contributed by atoms with Gasteiger partial charge in [0.2, 0.25) is 11.8 Å². The Bertz CT molecular complexity index is 479. The van der Waals surface area contributed by atoms with E-state index in [0.29, 0.717) is 0 Å². The molecule has 0 aliphatic carbocycles. The average molecular weight is 240 g/mol. The second-order valence-electron chi connectivity index (χ2n) is 3.90. The highest BCUT2D eigenvalue weighted by molar-refractivity contribution is 6.01. The van der Waals surface area contributed by atoms with Gasteiger partial charge in [-0.3, -0.25) is 14.9 Å². The summed E-state index contributed by atoms with van der Waals surface area (Å²) in [5.41, 5.74) is 4.91. The van der Waals surface area contributed by atoms with E-state index in [0.717, 1.165) is 12.1 Å². The predicted molar refractivity (Wildman–Crippen MR) is 55.9 cm³/mol. The summed E-state index contributed by atoms with van der Waals surface area (Å²) in [6.45, 7) is 0. The number of imide groups is 1. The first-order valence-electron chi connectivity index (χ1n) is 5.07. The molecule has 4 nitrogen and oxygen atoms in total. The van der Waals surface area contributed by atoms with E-state index in [-0.39, 0.29) is 24.1 Å². The van der Waals surface area contributed by atoms with Crippen molar-refractivity contribution in [2.75, 3.05) is 5.73 Å². The number of nitrogens with one attached hydrogen (secondary N) is 1. The van der Waals surface area contributed by atoms with Crippen LogP contribution in [0.2, 0.25) is 0 Å². The van der Waals surface area contributed by atoms with Crippen molar-refractivity contribution in [2.45, 2.75) is 18.8 Å². The van der Waals surface area contributed by atoms with Crippen molar-refractivity contribution in [3.8, 4) is 0 Å². The van der Waals surface area contributed by atoms with E-state index in [9.17, 15) is 18.4 Å². The van der Waals surface area contributed by atoms with Gasteiger partial charge in [0.1, 0.15) is 11.6 Å². The molecule has 1 aromatic rings. The summed E-state index contributed by atoms with van der Waals surface area (Å²) in [7, 11) is 0. The fourth-order valence-electron chi connectivity index (χ4n) is 1.91. The van der Waals surface area contributed by atoms with E-state index in [1.807, 2.05) is 0 Å². The van der Waals surface area contributed by atoms with Crippen LogP contribution in [0.4, 0.5) is 14.5 Å². The Morgan fingerprint density at radius 3 is 2.35 bits per heavy atom. The van der Waals surface area contributed by atoms with Crippen molar-refractivity contribution in [3.05, 3.63) is 29.3 Å². The molecule has 0 radical (unpaired) electrons. The molecule has 1 aliphatic heterocycles. The predicted octanol–water partition coefficient (Wildman–Crippen LogP) is 1.07. The number of amides is 2. The summed E-state index contributed by atoms with van der Waals surface area (Å²) < 4.78 is 27.2. The number of carbonyl (C=O) groups is 2. The molecule has 1 fully saturated rings.